The molecule has 45 heavy (non-hydrogen) atoms. The lowest BCUT2D eigenvalue weighted by molar-refractivity contribution is 0.0746. The molecule has 3 aromatic heterocycles. The molecule has 0 bridgehead atoms. The SMILES string of the molecule is CCc1nc(C)ccc1-c1cc(C(=O)N2CCN(c3ncc(F)cc3OC)CC2)cc2cc(C3=CCCNC3)n(CC(C)C)c12. The highest BCUT2D eigenvalue weighted by atomic mass is 19.1. The molecule has 4 aromatic rings. The molecule has 1 amide bonds. The molecule has 2 aliphatic heterocycles. The van der Waals surface area contributed by atoms with Crippen molar-refractivity contribution < 1.29 is 13.9 Å². The van der Waals surface area contributed by atoms with E-state index in [2.05, 4.69) is 72.0 Å². The Morgan fingerprint density at radius 1 is 1.09 bits per heavy atom. The van der Waals surface area contributed by atoms with Gasteiger partial charge in [-0.2, -0.15) is 0 Å². The van der Waals surface area contributed by atoms with Crippen LogP contribution in [0.1, 0.15) is 54.6 Å². The standard InChI is InChI=1S/C36H43FN6O2/c1-6-31-29(10-9-24(4)40-31)30-17-27(16-26-18-32(25-8-7-11-38-20-25)43(34(26)30)22-23(2)3)36(44)42-14-12-41(13-15-42)35-33(45-5)19-28(37)21-39-35/h8-10,16-19,21,23,38H,6-7,11-15,20,22H2,1-5H3. The van der Waals surface area contributed by atoms with Crippen LogP contribution in [-0.2, 0) is 13.0 Å². The van der Waals surface area contributed by atoms with Crippen molar-refractivity contribution >= 4 is 28.2 Å². The number of benzene rings is 1. The first-order chi connectivity index (χ1) is 21.8. The number of fused-ring (bicyclic) bond motifs is 1. The van der Waals surface area contributed by atoms with E-state index in [0.717, 1.165) is 65.9 Å². The average molecular weight is 611 g/mol. The number of nitrogens with zero attached hydrogens (tertiary/aromatic N) is 5. The van der Waals surface area contributed by atoms with Crippen molar-refractivity contribution in [3.8, 4) is 16.9 Å². The van der Waals surface area contributed by atoms with Crippen LogP contribution in [0.5, 0.6) is 5.75 Å². The molecule has 8 nitrogen and oxygen atoms in total. The van der Waals surface area contributed by atoms with Crippen LogP contribution in [-0.4, -0.2) is 71.7 Å². The third-order valence-corrected chi connectivity index (χ3v) is 8.77. The van der Waals surface area contributed by atoms with Gasteiger partial charge in [0.05, 0.1) is 18.8 Å². The van der Waals surface area contributed by atoms with Crippen LogP contribution in [0.3, 0.4) is 0 Å². The zero-order valence-electron chi connectivity index (χ0n) is 27.0. The lowest BCUT2D eigenvalue weighted by Gasteiger charge is -2.36. The van der Waals surface area contributed by atoms with Gasteiger partial charge in [-0.1, -0.05) is 32.9 Å². The number of carbonyl (C=O) groups is 1. The second kappa shape index (κ2) is 13.0. The Labute approximate surface area is 264 Å². The molecule has 1 N–H and O–H groups in total. The van der Waals surface area contributed by atoms with Crippen molar-refractivity contribution in [2.75, 3.05) is 51.3 Å². The van der Waals surface area contributed by atoms with E-state index in [1.807, 2.05) is 16.7 Å². The molecule has 0 radical (unpaired) electrons. The highest BCUT2D eigenvalue weighted by Gasteiger charge is 2.27. The number of hydrogen-bond acceptors (Lipinski definition) is 6. The minimum absolute atomic E-state index is 0.00616. The first-order valence-electron chi connectivity index (χ1n) is 16.1. The van der Waals surface area contributed by atoms with Crippen molar-refractivity contribution in [2.24, 2.45) is 5.92 Å². The lowest BCUT2D eigenvalue weighted by Crippen LogP contribution is -2.49. The van der Waals surface area contributed by atoms with E-state index < -0.39 is 5.82 Å². The molecule has 5 heterocycles. The molecular formula is C36H43FN6O2. The number of aromatic nitrogens is 3. The van der Waals surface area contributed by atoms with Gasteiger partial charge in [0.15, 0.2) is 11.6 Å². The summed E-state index contributed by atoms with van der Waals surface area (Å²) in [5.41, 5.74) is 8.49. The Hall–Kier alpha value is -4.24. The summed E-state index contributed by atoms with van der Waals surface area (Å²) in [7, 11) is 1.52. The lowest BCUT2D eigenvalue weighted by atomic mass is 9.96. The first kappa shape index (κ1) is 30.8. The number of amides is 1. The Morgan fingerprint density at radius 3 is 2.58 bits per heavy atom. The number of aryl methyl sites for hydroxylation is 2. The molecule has 236 valence electrons. The number of pyridine rings is 2. The topological polar surface area (TPSA) is 75.5 Å². The third kappa shape index (κ3) is 6.18. The monoisotopic (exact) mass is 610 g/mol. The summed E-state index contributed by atoms with van der Waals surface area (Å²) in [6, 6.07) is 12.0. The van der Waals surface area contributed by atoms with Crippen molar-refractivity contribution in [1.82, 2.24) is 24.8 Å². The van der Waals surface area contributed by atoms with Crippen molar-refractivity contribution in [2.45, 2.75) is 47.1 Å². The summed E-state index contributed by atoms with van der Waals surface area (Å²) in [6.07, 6.45) is 5.35. The Bertz CT molecular complexity index is 1750. The summed E-state index contributed by atoms with van der Waals surface area (Å²) < 4.78 is 21.6. The summed E-state index contributed by atoms with van der Waals surface area (Å²) in [5.74, 6) is 1.00. The molecule has 0 saturated carbocycles. The molecule has 6 rings (SSSR count). The fourth-order valence-corrected chi connectivity index (χ4v) is 6.63. The molecule has 9 heteroatoms. The zero-order valence-corrected chi connectivity index (χ0v) is 27.0. The van der Waals surface area contributed by atoms with Crippen LogP contribution in [0.15, 0.2) is 48.7 Å². The smallest absolute Gasteiger partial charge is 0.254 e. The number of rotatable bonds is 8. The average Bonchev–Trinajstić information content (AvgIpc) is 3.41. The quantitative estimate of drug-likeness (QED) is 0.260. The Morgan fingerprint density at radius 2 is 1.89 bits per heavy atom. The normalized spacial score (nSPS) is 15.6. The third-order valence-electron chi connectivity index (χ3n) is 8.77. The largest absolute Gasteiger partial charge is 0.493 e. The molecule has 1 saturated heterocycles. The highest BCUT2D eigenvalue weighted by molar-refractivity contribution is 6.05. The maximum Gasteiger partial charge on any atom is 0.254 e. The van der Waals surface area contributed by atoms with Gasteiger partial charge in [0.25, 0.3) is 5.91 Å². The number of ether oxygens (including phenoxy) is 1. The van der Waals surface area contributed by atoms with Gasteiger partial charge >= 0.3 is 0 Å². The van der Waals surface area contributed by atoms with Gasteiger partial charge in [-0.25, -0.2) is 9.37 Å². The van der Waals surface area contributed by atoms with E-state index in [1.54, 1.807) is 0 Å². The van der Waals surface area contributed by atoms with Crippen LogP contribution >= 0.6 is 0 Å². The van der Waals surface area contributed by atoms with Crippen LogP contribution in [0, 0.1) is 18.7 Å². The van der Waals surface area contributed by atoms with E-state index in [4.69, 9.17) is 9.72 Å². The van der Waals surface area contributed by atoms with E-state index in [9.17, 15) is 9.18 Å². The number of nitrogens with one attached hydrogen (secondary N) is 1. The minimum atomic E-state index is -0.438. The van der Waals surface area contributed by atoms with Crippen molar-refractivity contribution in [1.29, 1.82) is 0 Å². The molecule has 0 aliphatic carbocycles. The van der Waals surface area contributed by atoms with Gasteiger partial charge in [-0.05, 0) is 62.1 Å². The molecule has 2 aliphatic rings. The van der Waals surface area contributed by atoms with E-state index in [1.165, 1.54) is 30.6 Å². The summed E-state index contributed by atoms with van der Waals surface area (Å²) in [5, 5.41) is 4.61. The maximum atomic E-state index is 14.2. The molecule has 1 fully saturated rings. The predicted molar refractivity (Wildman–Crippen MR) is 178 cm³/mol. The number of carbonyl (C=O) groups excluding carboxylic acids is 1. The molecular weight excluding hydrogens is 567 g/mol. The predicted octanol–water partition coefficient (Wildman–Crippen LogP) is 6.11. The van der Waals surface area contributed by atoms with E-state index in [-0.39, 0.29) is 5.91 Å². The molecule has 0 spiro atoms. The van der Waals surface area contributed by atoms with E-state index in [0.29, 0.717) is 49.2 Å². The first-order valence-corrected chi connectivity index (χ1v) is 16.1. The highest BCUT2D eigenvalue weighted by Crippen LogP contribution is 2.38. The van der Waals surface area contributed by atoms with Crippen molar-refractivity contribution in [3.63, 3.8) is 0 Å². The summed E-state index contributed by atoms with van der Waals surface area (Å²) in [6.45, 7) is 13.6. The number of methoxy groups -OCH3 is 1. The van der Waals surface area contributed by atoms with Gasteiger partial charge in [0.1, 0.15) is 5.82 Å². The zero-order chi connectivity index (χ0) is 31.7. The number of piperazine rings is 1. The van der Waals surface area contributed by atoms with Gasteiger partial charge in [0, 0.05) is 84.5 Å². The van der Waals surface area contributed by atoms with Gasteiger partial charge in [0.2, 0.25) is 0 Å². The maximum absolute atomic E-state index is 14.2. The summed E-state index contributed by atoms with van der Waals surface area (Å²) in [4.78, 5) is 27.3. The molecule has 1 aromatic carbocycles. The second-order valence-electron chi connectivity index (χ2n) is 12.4. The minimum Gasteiger partial charge on any atom is -0.493 e. The van der Waals surface area contributed by atoms with E-state index >= 15 is 0 Å². The van der Waals surface area contributed by atoms with Crippen LogP contribution in [0.4, 0.5) is 10.2 Å². The van der Waals surface area contributed by atoms with Crippen LogP contribution < -0.4 is 15.0 Å². The van der Waals surface area contributed by atoms with Crippen molar-refractivity contribution in [3.05, 3.63) is 77.1 Å². The number of halogens is 1. The Balaban J connectivity index is 1.42. The Kier molecular flexibility index (Phi) is 8.90. The fourth-order valence-electron chi connectivity index (χ4n) is 6.63. The van der Waals surface area contributed by atoms with Gasteiger partial charge in [-0.3, -0.25) is 9.78 Å². The molecule has 0 atom stereocenters. The molecule has 0 unspecified atom stereocenters. The second-order valence-corrected chi connectivity index (χ2v) is 12.4. The summed E-state index contributed by atoms with van der Waals surface area (Å²) >= 11 is 0. The van der Waals surface area contributed by atoms with Crippen LogP contribution in [0.2, 0.25) is 0 Å². The van der Waals surface area contributed by atoms with Crippen LogP contribution in [0.25, 0.3) is 27.6 Å². The number of anilines is 1. The van der Waals surface area contributed by atoms with Gasteiger partial charge < -0.3 is 24.4 Å². The fraction of sp³-hybridized carbons (Fsp3) is 0.417. The van der Waals surface area contributed by atoms with Gasteiger partial charge in [-0.15, -0.1) is 0 Å². The number of hydrogen-bond donors (Lipinski definition) is 1.